The summed E-state index contributed by atoms with van der Waals surface area (Å²) in [6.07, 6.45) is 0. The number of nitriles is 1. The summed E-state index contributed by atoms with van der Waals surface area (Å²) in [7, 11) is 0. The number of morpholine rings is 1. The molecule has 0 bridgehead atoms. The van der Waals surface area contributed by atoms with E-state index in [4.69, 9.17) is 14.5 Å². The molecular weight excluding hydrogens is 234 g/mol. The summed E-state index contributed by atoms with van der Waals surface area (Å²) in [4.78, 5) is 9.20. The van der Waals surface area contributed by atoms with Crippen molar-refractivity contribution < 1.29 is 9.26 Å². The number of H-pyrrole nitrogens is 1. The van der Waals surface area contributed by atoms with Gasteiger partial charge in [-0.3, -0.25) is 0 Å². The molecule has 2 aromatic rings. The third kappa shape index (κ3) is 1.94. The van der Waals surface area contributed by atoms with Gasteiger partial charge in [0.1, 0.15) is 17.5 Å². The first kappa shape index (κ1) is 10.8. The van der Waals surface area contributed by atoms with Crippen molar-refractivity contribution in [2.75, 3.05) is 31.2 Å². The first-order chi connectivity index (χ1) is 8.86. The second kappa shape index (κ2) is 4.50. The van der Waals surface area contributed by atoms with Crippen LogP contribution in [0.3, 0.4) is 0 Å². The van der Waals surface area contributed by atoms with Crippen molar-refractivity contribution in [1.82, 2.24) is 15.1 Å². The number of anilines is 1. The number of nitrogens with zero attached hydrogens (tertiary/aromatic N) is 4. The van der Waals surface area contributed by atoms with E-state index in [1.165, 1.54) is 0 Å². The average molecular weight is 245 g/mol. The Labute approximate surface area is 103 Å². The van der Waals surface area contributed by atoms with Gasteiger partial charge in [-0.15, -0.1) is 0 Å². The third-order valence-corrected chi connectivity index (χ3v) is 2.75. The molecule has 1 aliphatic heterocycles. The molecule has 18 heavy (non-hydrogen) atoms. The maximum absolute atomic E-state index is 8.74. The van der Waals surface area contributed by atoms with Crippen molar-refractivity contribution in [3.8, 4) is 17.7 Å². The summed E-state index contributed by atoms with van der Waals surface area (Å²) in [5, 5.41) is 12.7. The number of aromatic amines is 1. The SMILES string of the molecule is N#Cc1ccc(-c2nc(N3CCOCC3)no2)[nH]1. The zero-order valence-electron chi connectivity index (χ0n) is 9.59. The molecular formula is C11H11N5O2. The Balaban J connectivity index is 1.82. The van der Waals surface area contributed by atoms with Gasteiger partial charge in [-0.05, 0) is 17.3 Å². The summed E-state index contributed by atoms with van der Waals surface area (Å²) in [6.45, 7) is 2.86. The van der Waals surface area contributed by atoms with E-state index in [0.717, 1.165) is 13.1 Å². The van der Waals surface area contributed by atoms with E-state index in [9.17, 15) is 0 Å². The van der Waals surface area contributed by atoms with E-state index in [1.807, 2.05) is 11.0 Å². The van der Waals surface area contributed by atoms with Crippen molar-refractivity contribution in [1.29, 1.82) is 5.26 Å². The average Bonchev–Trinajstić information content (AvgIpc) is 3.08. The minimum absolute atomic E-state index is 0.387. The van der Waals surface area contributed by atoms with Gasteiger partial charge in [0.05, 0.1) is 13.2 Å². The molecule has 0 radical (unpaired) electrons. The molecule has 92 valence electrons. The highest BCUT2D eigenvalue weighted by Crippen LogP contribution is 2.20. The van der Waals surface area contributed by atoms with Crippen LogP contribution in [-0.2, 0) is 4.74 Å². The minimum atomic E-state index is 0.387. The lowest BCUT2D eigenvalue weighted by atomic mass is 10.4. The first-order valence-corrected chi connectivity index (χ1v) is 5.63. The van der Waals surface area contributed by atoms with Crippen molar-refractivity contribution in [3.63, 3.8) is 0 Å². The summed E-state index contributed by atoms with van der Waals surface area (Å²) in [6, 6.07) is 5.43. The fraction of sp³-hybridized carbons (Fsp3) is 0.364. The second-order valence-electron chi connectivity index (χ2n) is 3.90. The Morgan fingerprint density at radius 2 is 2.17 bits per heavy atom. The van der Waals surface area contributed by atoms with Crippen molar-refractivity contribution in [2.24, 2.45) is 0 Å². The first-order valence-electron chi connectivity index (χ1n) is 5.63. The van der Waals surface area contributed by atoms with Gasteiger partial charge in [0.15, 0.2) is 0 Å². The van der Waals surface area contributed by atoms with Gasteiger partial charge in [0.25, 0.3) is 11.8 Å². The van der Waals surface area contributed by atoms with Crippen LogP contribution in [0, 0.1) is 11.3 Å². The molecule has 0 saturated carbocycles. The van der Waals surface area contributed by atoms with Crippen LogP contribution in [0.15, 0.2) is 16.7 Å². The summed E-state index contributed by atoms with van der Waals surface area (Å²) < 4.78 is 10.4. The maximum Gasteiger partial charge on any atom is 0.275 e. The topological polar surface area (TPSA) is 91.0 Å². The Morgan fingerprint density at radius 3 is 2.89 bits per heavy atom. The van der Waals surface area contributed by atoms with E-state index in [2.05, 4.69) is 15.1 Å². The smallest absolute Gasteiger partial charge is 0.275 e. The van der Waals surface area contributed by atoms with Crippen LogP contribution < -0.4 is 4.90 Å². The lowest BCUT2D eigenvalue weighted by Crippen LogP contribution is -2.36. The van der Waals surface area contributed by atoms with Crippen LogP contribution in [0.4, 0.5) is 5.95 Å². The lowest BCUT2D eigenvalue weighted by Gasteiger charge is -2.24. The molecule has 0 unspecified atom stereocenters. The molecule has 0 aromatic carbocycles. The molecule has 1 aliphatic rings. The summed E-state index contributed by atoms with van der Waals surface area (Å²) >= 11 is 0. The molecule has 0 spiro atoms. The molecule has 1 N–H and O–H groups in total. The fourth-order valence-corrected chi connectivity index (χ4v) is 1.80. The molecule has 3 heterocycles. The van der Waals surface area contributed by atoms with Gasteiger partial charge in [-0.1, -0.05) is 0 Å². The number of aromatic nitrogens is 3. The largest absolute Gasteiger partial charge is 0.378 e. The molecule has 1 fully saturated rings. The van der Waals surface area contributed by atoms with Crippen molar-refractivity contribution in [2.45, 2.75) is 0 Å². The van der Waals surface area contributed by atoms with Crippen LogP contribution in [0.25, 0.3) is 11.6 Å². The lowest BCUT2D eigenvalue weighted by molar-refractivity contribution is 0.121. The molecule has 7 heteroatoms. The molecule has 1 saturated heterocycles. The maximum atomic E-state index is 8.74. The Hall–Kier alpha value is -2.33. The van der Waals surface area contributed by atoms with Crippen LogP contribution in [0.1, 0.15) is 5.69 Å². The van der Waals surface area contributed by atoms with Crippen molar-refractivity contribution in [3.05, 3.63) is 17.8 Å². The third-order valence-electron chi connectivity index (χ3n) is 2.75. The van der Waals surface area contributed by atoms with Crippen LogP contribution in [0.5, 0.6) is 0 Å². The molecule has 2 aromatic heterocycles. The van der Waals surface area contributed by atoms with E-state index < -0.39 is 0 Å². The second-order valence-corrected chi connectivity index (χ2v) is 3.90. The number of ether oxygens (including phenoxy) is 1. The number of hydrogen-bond donors (Lipinski definition) is 1. The summed E-state index contributed by atoms with van der Waals surface area (Å²) in [5.74, 6) is 0.944. The normalized spacial score (nSPS) is 15.6. The van der Waals surface area contributed by atoms with Gasteiger partial charge in [-0.2, -0.15) is 10.2 Å². The predicted molar refractivity (Wildman–Crippen MR) is 61.8 cm³/mol. The highest BCUT2D eigenvalue weighted by molar-refractivity contribution is 5.51. The summed E-state index contributed by atoms with van der Waals surface area (Å²) in [5.41, 5.74) is 1.12. The quantitative estimate of drug-likeness (QED) is 0.840. The molecule has 0 amide bonds. The minimum Gasteiger partial charge on any atom is -0.378 e. The van der Waals surface area contributed by atoms with Gasteiger partial charge in [-0.25, -0.2) is 0 Å². The fourth-order valence-electron chi connectivity index (χ4n) is 1.80. The Bertz CT molecular complexity index is 576. The van der Waals surface area contributed by atoms with E-state index in [-0.39, 0.29) is 0 Å². The Morgan fingerprint density at radius 1 is 1.33 bits per heavy atom. The molecule has 7 nitrogen and oxygen atoms in total. The van der Waals surface area contributed by atoms with Crippen LogP contribution in [0.2, 0.25) is 0 Å². The molecule has 0 aliphatic carbocycles. The zero-order valence-corrected chi connectivity index (χ0v) is 9.59. The predicted octanol–water partition coefficient (Wildman–Crippen LogP) is 0.773. The van der Waals surface area contributed by atoms with Crippen molar-refractivity contribution >= 4 is 5.95 Å². The molecule has 0 atom stereocenters. The highest BCUT2D eigenvalue weighted by atomic mass is 16.5. The standard InChI is InChI=1S/C11H11N5O2/c12-7-8-1-2-9(13-8)10-14-11(15-18-10)16-3-5-17-6-4-16/h1-2,13H,3-6H2. The monoisotopic (exact) mass is 245 g/mol. The van der Waals surface area contributed by atoms with Gasteiger partial charge < -0.3 is 19.1 Å². The highest BCUT2D eigenvalue weighted by Gasteiger charge is 2.18. The molecule has 3 rings (SSSR count). The van der Waals surface area contributed by atoms with Gasteiger partial charge >= 0.3 is 0 Å². The van der Waals surface area contributed by atoms with E-state index in [0.29, 0.717) is 36.4 Å². The van der Waals surface area contributed by atoms with Crippen LogP contribution >= 0.6 is 0 Å². The van der Waals surface area contributed by atoms with E-state index >= 15 is 0 Å². The number of rotatable bonds is 2. The zero-order chi connectivity index (χ0) is 12.4. The van der Waals surface area contributed by atoms with E-state index in [1.54, 1.807) is 12.1 Å². The van der Waals surface area contributed by atoms with Crippen LogP contribution in [-0.4, -0.2) is 41.4 Å². The van der Waals surface area contributed by atoms with Gasteiger partial charge in [0.2, 0.25) is 0 Å². The number of nitrogens with one attached hydrogen (secondary N) is 1. The van der Waals surface area contributed by atoms with Gasteiger partial charge in [0, 0.05) is 13.1 Å². The Kier molecular flexibility index (Phi) is 2.70. The number of hydrogen-bond acceptors (Lipinski definition) is 6.